The predicted octanol–water partition coefficient (Wildman–Crippen LogP) is 4.81. The van der Waals surface area contributed by atoms with E-state index in [1.807, 2.05) is 85.1 Å². The molecule has 0 fully saturated rings. The van der Waals surface area contributed by atoms with Crippen LogP contribution >= 0.6 is 0 Å². The largest absolute Gasteiger partial charge is 0.372 e. The molecule has 1 aliphatic rings. The van der Waals surface area contributed by atoms with E-state index in [0.717, 1.165) is 0 Å². The van der Waals surface area contributed by atoms with Crippen LogP contribution in [0.15, 0.2) is 120 Å². The lowest BCUT2D eigenvalue weighted by atomic mass is 10.3. The summed E-state index contributed by atoms with van der Waals surface area (Å²) in [5.41, 5.74) is 2.33. The SMILES string of the molecule is C1=CC=CC=CC=CC=CONN=NC=CC=CC=CC=C1. The summed E-state index contributed by atoms with van der Waals surface area (Å²) in [5.74, 6) is 0. The van der Waals surface area contributed by atoms with Gasteiger partial charge in [-0.15, -0.1) is 10.7 Å². The second-order valence-corrected chi connectivity index (χ2v) is 3.79. The second kappa shape index (κ2) is 14.3. The van der Waals surface area contributed by atoms with Crippen LogP contribution < -0.4 is 5.59 Å². The second-order valence-electron chi connectivity index (χ2n) is 3.79. The van der Waals surface area contributed by atoms with E-state index >= 15 is 0 Å². The fourth-order valence-electron chi connectivity index (χ4n) is 1.18. The van der Waals surface area contributed by atoms with Gasteiger partial charge in [-0.2, -0.15) is 0 Å². The molecule has 1 aliphatic heterocycles. The van der Waals surface area contributed by atoms with Crippen molar-refractivity contribution in [3.8, 4) is 0 Å². The maximum absolute atomic E-state index is 4.89. The molecule has 0 aliphatic carbocycles. The van der Waals surface area contributed by atoms with Gasteiger partial charge in [-0.1, -0.05) is 85.1 Å². The van der Waals surface area contributed by atoms with Gasteiger partial charge in [0.15, 0.2) is 0 Å². The van der Waals surface area contributed by atoms with Crippen LogP contribution in [-0.4, -0.2) is 0 Å². The van der Waals surface area contributed by atoms with Gasteiger partial charge in [0.25, 0.3) is 0 Å². The molecule has 0 unspecified atom stereocenters. The Bertz CT molecular complexity index is 519. The Morgan fingerprint density at radius 3 is 1.41 bits per heavy atom. The molecule has 0 atom stereocenters. The van der Waals surface area contributed by atoms with Crippen molar-refractivity contribution in [3.63, 3.8) is 0 Å². The van der Waals surface area contributed by atoms with Gasteiger partial charge in [0.1, 0.15) is 6.26 Å². The lowest BCUT2D eigenvalue weighted by Crippen LogP contribution is -1.98. The summed E-state index contributed by atoms with van der Waals surface area (Å²) in [6, 6.07) is 0. The lowest BCUT2D eigenvalue weighted by Gasteiger charge is -1.91. The van der Waals surface area contributed by atoms with Gasteiger partial charge in [-0.05, 0) is 17.4 Å². The molecule has 0 spiro atoms. The van der Waals surface area contributed by atoms with E-state index in [0.29, 0.717) is 0 Å². The molecule has 22 heavy (non-hydrogen) atoms. The highest BCUT2D eigenvalue weighted by molar-refractivity contribution is 5.21. The standard InChI is InChI=1S/C18H19N3O/c1-2-4-6-8-10-12-14-16-18-22-21-20-19-17-15-13-11-9-7-5-3-1/h1-18H,(H,19,21). The van der Waals surface area contributed by atoms with Crippen molar-refractivity contribution in [3.05, 3.63) is 110 Å². The van der Waals surface area contributed by atoms with Gasteiger partial charge in [-0.3, -0.25) is 0 Å². The summed E-state index contributed by atoms with van der Waals surface area (Å²) >= 11 is 0. The minimum atomic E-state index is 1.47. The van der Waals surface area contributed by atoms with Gasteiger partial charge in [0.05, 0.1) is 6.20 Å². The first kappa shape index (κ1) is 16.9. The molecule has 0 aromatic carbocycles. The van der Waals surface area contributed by atoms with Crippen LogP contribution in [0.3, 0.4) is 0 Å². The number of hydrogen-bond acceptors (Lipinski definition) is 4. The van der Waals surface area contributed by atoms with Crippen molar-refractivity contribution >= 4 is 0 Å². The van der Waals surface area contributed by atoms with Crippen molar-refractivity contribution < 1.29 is 4.84 Å². The van der Waals surface area contributed by atoms with Crippen LogP contribution in [0.25, 0.3) is 0 Å². The number of allylic oxidation sites excluding steroid dienone is 16. The van der Waals surface area contributed by atoms with E-state index in [-0.39, 0.29) is 0 Å². The average molecular weight is 293 g/mol. The Kier molecular flexibility index (Phi) is 11.0. The highest BCUT2D eigenvalue weighted by Crippen LogP contribution is 1.87. The minimum Gasteiger partial charge on any atom is -0.372 e. The summed E-state index contributed by atoms with van der Waals surface area (Å²) in [5, 5.41) is 7.31. The van der Waals surface area contributed by atoms with Crippen LogP contribution in [0.1, 0.15) is 0 Å². The molecule has 0 aromatic heterocycles. The highest BCUT2D eigenvalue weighted by atomic mass is 16.7. The Morgan fingerprint density at radius 1 is 0.500 bits per heavy atom. The van der Waals surface area contributed by atoms with E-state index in [2.05, 4.69) is 15.9 Å². The summed E-state index contributed by atoms with van der Waals surface area (Å²) in [4.78, 5) is 4.89. The number of rotatable bonds is 0. The van der Waals surface area contributed by atoms with Crippen molar-refractivity contribution in [2.45, 2.75) is 0 Å². The van der Waals surface area contributed by atoms with Crippen LogP contribution in [0.5, 0.6) is 0 Å². The number of hydrogen-bond donors (Lipinski definition) is 1. The Morgan fingerprint density at radius 2 is 0.909 bits per heavy atom. The zero-order valence-electron chi connectivity index (χ0n) is 12.2. The normalized spacial score (nSPS) is 16.0. The van der Waals surface area contributed by atoms with Gasteiger partial charge < -0.3 is 4.84 Å². The molecular formula is C18H19N3O. The Hall–Kier alpha value is -3.14. The molecule has 0 saturated heterocycles. The smallest absolute Gasteiger partial charge is 0.121 e. The maximum Gasteiger partial charge on any atom is 0.121 e. The third-order valence-corrected chi connectivity index (χ3v) is 2.12. The molecule has 1 N–H and O–H groups in total. The van der Waals surface area contributed by atoms with E-state index < -0.39 is 0 Å². The molecule has 0 amide bonds. The highest BCUT2D eigenvalue weighted by Gasteiger charge is 1.70. The first-order chi connectivity index (χ1) is 11.0. The predicted molar refractivity (Wildman–Crippen MR) is 91.3 cm³/mol. The zero-order valence-corrected chi connectivity index (χ0v) is 12.2. The van der Waals surface area contributed by atoms with Crippen LogP contribution in [0.4, 0.5) is 0 Å². The van der Waals surface area contributed by atoms with Gasteiger partial charge in [-0.25, -0.2) is 0 Å². The monoisotopic (exact) mass is 293 g/mol. The third kappa shape index (κ3) is 11.9. The van der Waals surface area contributed by atoms with E-state index in [1.165, 1.54) is 6.26 Å². The minimum absolute atomic E-state index is 1.47. The van der Waals surface area contributed by atoms with Crippen molar-refractivity contribution in [2.24, 2.45) is 10.3 Å². The molecule has 0 bridgehead atoms. The summed E-state index contributed by atoms with van der Waals surface area (Å²) in [7, 11) is 0. The average Bonchev–Trinajstić information content (AvgIpc) is 2.53. The van der Waals surface area contributed by atoms with E-state index in [4.69, 9.17) is 4.84 Å². The Labute approximate surface area is 131 Å². The summed E-state index contributed by atoms with van der Waals surface area (Å²) in [6.07, 6.45) is 33.5. The molecule has 0 saturated carbocycles. The van der Waals surface area contributed by atoms with E-state index in [1.54, 1.807) is 18.4 Å². The van der Waals surface area contributed by atoms with Crippen LogP contribution in [0, 0.1) is 0 Å². The molecule has 4 heteroatoms. The first-order valence-corrected chi connectivity index (χ1v) is 6.79. The summed E-state index contributed by atoms with van der Waals surface area (Å²) in [6.45, 7) is 0. The Balaban J connectivity index is 2.60. The van der Waals surface area contributed by atoms with Gasteiger partial charge in [0, 0.05) is 0 Å². The zero-order chi connectivity index (χ0) is 15.6. The molecular weight excluding hydrogens is 274 g/mol. The summed E-state index contributed by atoms with van der Waals surface area (Å²) < 4.78 is 0. The topological polar surface area (TPSA) is 46.0 Å². The first-order valence-electron chi connectivity index (χ1n) is 6.79. The van der Waals surface area contributed by atoms with Crippen molar-refractivity contribution in [1.29, 1.82) is 0 Å². The van der Waals surface area contributed by atoms with Crippen LogP contribution in [-0.2, 0) is 4.84 Å². The number of nitrogens with zero attached hydrogens (tertiary/aromatic N) is 2. The molecule has 0 aromatic rings. The quantitative estimate of drug-likeness (QED) is 0.696. The van der Waals surface area contributed by atoms with E-state index in [9.17, 15) is 0 Å². The lowest BCUT2D eigenvalue weighted by molar-refractivity contribution is 0.131. The molecule has 4 nitrogen and oxygen atoms in total. The van der Waals surface area contributed by atoms with Crippen molar-refractivity contribution in [1.82, 2.24) is 5.59 Å². The van der Waals surface area contributed by atoms with Gasteiger partial charge in [0.2, 0.25) is 0 Å². The van der Waals surface area contributed by atoms with Crippen molar-refractivity contribution in [2.75, 3.05) is 0 Å². The molecule has 1 rings (SSSR count). The molecule has 0 radical (unpaired) electrons. The fourth-order valence-corrected chi connectivity index (χ4v) is 1.18. The molecule has 1 heterocycles. The maximum atomic E-state index is 4.89. The van der Waals surface area contributed by atoms with Crippen LogP contribution in [0.2, 0.25) is 0 Å². The fraction of sp³-hybridized carbons (Fsp3) is 0. The molecule has 112 valence electrons. The number of nitrogens with one attached hydrogen (secondary N) is 1. The van der Waals surface area contributed by atoms with Gasteiger partial charge >= 0.3 is 0 Å². The third-order valence-electron chi connectivity index (χ3n) is 2.12.